The van der Waals surface area contributed by atoms with Crippen LogP contribution in [0, 0.1) is 0 Å². The van der Waals surface area contributed by atoms with Gasteiger partial charge in [0.05, 0.1) is 4.47 Å². The zero-order valence-corrected chi connectivity index (χ0v) is 23.4. The molecule has 1 N–H and O–H groups in total. The van der Waals surface area contributed by atoms with Crippen molar-refractivity contribution in [2.45, 2.75) is 45.2 Å². The van der Waals surface area contributed by atoms with E-state index in [0.717, 1.165) is 21.2 Å². The highest BCUT2D eigenvalue weighted by molar-refractivity contribution is 9.10. The maximum atomic E-state index is 13.6. The molecule has 5 nitrogen and oxygen atoms in total. The molecule has 0 aliphatic rings. The highest BCUT2D eigenvalue weighted by atomic mass is 79.9. The summed E-state index contributed by atoms with van der Waals surface area (Å²) in [4.78, 5) is 28.1. The summed E-state index contributed by atoms with van der Waals surface area (Å²) in [6.07, 6.45) is 0.372. The third-order valence-corrected chi connectivity index (χ3v) is 6.76. The van der Waals surface area contributed by atoms with Crippen LogP contribution in [0.15, 0.2) is 77.3 Å². The van der Waals surface area contributed by atoms with E-state index in [4.69, 9.17) is 16.3 Å². The molecule has 0 fully saturated rings. The second-order valence-corrected chi connectivity index (χ2v) is 10.9. The topological polar surface area (TPSA) is 58.6 Å². The number of hydrogen-bond acceptors (Lipinski definition) is 3. The zero-order chi connectivity index (χ0) is 26.3. The van der Waals surface area contributed by atoms with Crippen molar-refractivity contribution in [1.29, 1.82) is 0 Å². The Balaban J connectivity index is 1.87. The van der Waals surface area contributed by atoms with Gasteiger partial charge in [-0.3, -0.25) is 9.59 Å². The SMILES string of the molecule is CNC(=O)C(Cc1ccccc1)N(Cc1cccc(Cl)c1)C(=O)COc1ccc(C(C)(C)C)cc1Br. The first kappa shape index (κ1) is 27.8. The Kier molecular flexibility index (Phi) is 9.57. The van der Waals surface area contributed by atoms with Crippen molar-refractivity contribution in [1.82, 2.24) is 10.2 Å². The number of ether oxygens (including phenoxy) is 1. The van der Waals surface area contributed by atoms with E-state index in [0.29, 0.717) is 17.2 Å². The van der Waals surface area contributed by atoms with E-state index in [1.165, 1.54) is 0 Å². The number of likely N-dealkylation sites (N-methyl/N-ethyl adjacent to an activating group) is 1. The molecule has 3 aromatic rings. The summed E-state index contributed by atoms with van der Waals surface area (Å²) < 4.78 is 6.70. The van der Waals surface area contributed by atoms with Crippen LogP contribution in [-0.2, 0) is 28.0 Å². The van der Waals surface area contributed by atoms with Crippen LogP contribution in [0.4, 0.5) is 0 Å². The fourth-order valence-electron chi connectivity index (χ4n) is 3.86. The third-order valence-electron chi connectivity index (χ3n) is 5.91. The quantitative estimate of drug-likeness (QED) is 0.334. The molecule has 2 amide bonds. The summed E-state index contributed by atoms with van der Waals surface area (Å²) in [6.45, 7) is 6.42. The molecule has 0 saturated heterocycles. The average molecular weight is 572 g/mol. The molecule has 1 atom stereocenters. The predicted molar refractivity (Wildman–Crippen MR) is 148 cm³/mol. The largest absolute Gasteiger partial charge is 0.483 e. The minimum absolute atomic E-state index is 0.0111. The van der Waals surface area contributed by atoms with Crippen molar-refractivity contribution >= 4 is 39.3 Å². The molecule has 7 heteroatoms. The number of nitrogens with zero attached hydrogens (tertiary/aromatic N) is 1. The molecule has 0 heterocycles. The Morgan fingerprint density at radius 1 is 1.00 bits per heavy atom. The normalized spacial score (nSPS) is 12.1. The highest BCUT2D eigenvalue weighted by Gasteiger charge is 2.30. The van der Waals surface area contributed by atoms with E-state index >= 15 is 0 Å². The number of halogens is 2. The van der Waals surface area contributed by atoms with Gasteiger partial charge >= 0.3 is 0 Å². The summed E-state index contributed by atoms with van der Waals surface area (Å²) in [5.41, 5.74) is 2.92. The number of amides is 2. The van der Waals surface area contributed by atoms with Gasteiger partial charge in [0.15, 0.2) is 6.61 Å². The molecular formula is C29H32BrClN2O3. The number of carbonyl (C=O) groups excluding carboxylic acids is 2. The average Bonchev–Trinajstić information content (AvgIpc) is 2.84. The lowest BCUT2D eigenvalue weighted by molar-refractivity contribution is -0.142. The summed E-state index contributed by atoms with van der Waals surface area (Å²) in [7, 11) is 1.58. The van der Waals surface area contributed by atoms with Crippen LogP contribution in [0.1, 0.15) is 37.5 Å². The van der Waals surface area contributed by atoms with E-state index in [1.54, 1.807) is 24.1 Å². The first-order valence-electron chi connectivity index (χ1n) is 11.8. The van der Waals surface area contributed by atoms with Gasteiger partial charge in [0.1, 0.15) is 11.8 Å². The van der Waals surface area contributed by atoms with Gasteiger partial charge in [0.25, 0.3) is 5.91 Å². The fraction of sp³-hybridized carbons (Fsp3) is 0.310. The molecule has 0 aromatic heterocycles. The molecule has 36 heavy (non-hydrogen) atoms. The van der Waals surface area contributed by atoms with Gasteiger partial charge in [-0.25, -0.2) is 0 Å². The number of rotatable bonds is 9. The first-order valence-corrected chi connectivity index (χ1v) is 13.0. The van der Waals surface area contributed by atoms with Gasteiger partial charge in [-0.05, 0) is 62.3 Å². The van der Waals surface area contributed by atoms with E-state index in [1.807, 2.05) is 60.7 Å². The maximum Gasteiger partial charge on any atom is 0.261 e. The Labute approximate surface area is 226 Å². The minimum Gasteiger partial charge on any atom is -0.483 e. The highest BCUT2D eigenvalue weighted by Crippen LogP contribution is 2.31. The Morgan fingerprint density at radius 2 is 1.69 bits per heavy atom. The third kappa shape index (κ3) is 7.58. The van der Waals surface area contributed by atoms with Gasteiger partial charge in [-0.1, -0.05) is 80.9 Å². The van der Waals surface area contributed by atoms with E-state index in [9.17, 15) is 9.59 Å². The lowest BCUT2D eigenvalue weighted by Crippen LogP contribution is -2.51. The predicted octanol–water partition coefficient (Wildman–Crippen LogP) is 6.16. The Morgan fingerprint density at radius 3 is 2.31 bits per heavy atom. The molecule has 0 radical (unpaired) electrons. The second-order valence-electron chi connectivity index (χ2n) is 9.66. The van der Waals surface area contributed by atoms with Crippen molar-refractivity contribution in [2.75, 3.05) is 13.7 Å². The van der Waals surface area contributed by atoms with Crippen LogP contribution < -0.4 is 10.1 Å². The van der Waals surface area contributed by atoms with E-state index < -0.39 is 6.04 Å². The van der Waals surface area contributed by atoms with Gasteiger partial charge < -0.3 is 15.0 Å². The molecule has 0 saturated carbocycles. The van der Waals surface area contributed by atoms with Crippen molar-refractivity contribution < 1.29 is 14.3 Å². The minimum atomic E-state index is -0.723. The zero-order valence-electron chi connectivity index (χ0n) is 21.1. The van der Waals surface area contributed by atoms with Crippen molar-refractivity contribution in [2.24, 2.45) is 0 Å². The standard InChI is InChI=1S/C29H32BrClN2O3/c1-29(2,3)22-13-14-26(24(30)17-22)36-19-27(34)33(18-21-11-8-12-23(31)15-21)25(28(35)32-4)16-20-9-6-5-7-10-20/h5-15,17,25H,16,18-19H2,1-4H3,(H,32,35). The van der Waals surface area contributed by atoms with Crippen LogP contribution >= 0.6 is 27.5 Å². The molecule has 3 rings (SSSR count). The lowest BCUT2D eigenvalue weighted by Gasteiger charge is -2.31. The van der Waals surface area contributed by atoms with Crippen LogP contribution in [0.25, 0.3) is 0 Å². The summed E-state index contributed by atoms with van der Waals surface area (Å²) in [5, 5.41) is 3.28. The van der Waals surface area contributed by atoms with Crippen LogP contribution in [0.2, 0.25) is 5.02 Å². The monoisotopic (exact) mass is 570 g/mol. The molecule has 3 aromatic carbocycles. The maximum absolute atomic E-state index is 13.6. The molecule has 0 aliphatic heterocycles. The van der Waals surface area contributed by atoms with Crippen LogP contribution in [-0.4, -0.2) is 36.4 Å². The van der Waals surface area contributed by atoms with Crippen molar-refractivity contribution in [3.05, 3.63) is 99.0 Å². The molecule has 1 unspecified atom stereocenters. The Hall–Kier alpha value is -2.83. The van der Waals surface area contributed by atoms with Gasteiger partial charge in [0.2, 0.25) is 5.91 Å². The van der Waals surface area contributed by atoms with E-state index in [-0.39, 0.29) is 30.4 Å². The Bertz CT molecular complexity index is 1190. The van der Waals surface area contributed by atoms with Crippen molar-refractivity contribution in [3.63, 3.8) is 0 Å². The van der Waals surface area contributed by atoms with Crippen molar-refractivity contribution in [3.8, 4) is 5.75 Å². The molecule has 0 bridgehead atoms. The van der Waals surface area contributed by atoms with Crippen LogP contribution in [0.3, 0.4) is 0 Å². The van der Waals surface area contributed by atoms with Gasteiger partial charge in [0, 0.05) is 25.0 Å². The summed E-state index contributed by atoms with van der Waals surface area (Å²) in [5.74, 6) is 0.0230. The van der Waals surface area contributed by atoms with Gasteiger partial charge in [-0.15, -0.1) is 0 Å². The smallest absolute Gasteiger partial charge is 0.261 e. The van der Waals surface area contributed by atoms with Gasteiger partial charge in [-0.2, -0.15) is 0 Å². The first-order chi connectivity index (χ1) is 17.1. The summed E-state index contributed by atoms with van der Waals surface area (Å²) >= 11 is 9.77. The van der Waals surface area contributed by atoms with E-state index in [2.05, 4.69) is 42.0 Å². The lowest BCUT2D eigenvalue weighted by atomic mass is 9.87. The number of carbonyl (C=O) groups is 2. The van der Waals surface area contributed by atoms with Crippen LogP contribution in [0.5, 0.6) is 5.75 Å². The number of nitrogens with one attached hydrogen (secondary N) is 1. The number of benzene rings is 3. The molecule has 0 aliphatic carbocycles. The second kappa shape index (κ2) is 12.4. The molecule has 190 valence electrons. The number of hydrogen-bond donors (Lipinski definition) is 1. The molecule has 0 spiro atoms. The fourth-order valence-corrected chi connectivity index (χ4v) is 4.57. The summed E-state index contributed by atoms with van der Waals surface area (Å²) in [6, 6.07) is 22.1. The molecular weight excluding hydrogens is 540 g/mol.